The second-order valence-electron chi connectivity index (χ2n) is 9.88. The van der Waals surface area contributed by atoms with Crippen molar-refractivity contribution in [1.82, 2.24) is 29.7 Å². The van der Waals surface area contributed by atoms with E-state index in [-0.39, 0.29) is 47.7 Å². The van der Waals surface area contributed by atoms with E-state index in [0.717, 1.165) is 11.6 Å². The fourth-order valence-electron chi connectivity index (χ4n) is 5.57. The van der Waals surface area contributed by atoms with Gasteiger partial charge in [0, 0.05) is 57.3 Å². The Hall–Kier alpha value is -3.76. The van der Waals surface area contributed by atoms with Crippen molar-refractivity contribution in [2.24, 2.45) is 0 Å². The molecule has 11 heteroatoms. The number of aromatic amines is 1. The zero-order valence-electron chi connectivity index (χ0n) is 20.6. The number of halogens is 2. The number of imidazole rings is 1. The van der Waals surface area contributed by atoms with Crippen molar-refractivity contribution in [3.05, 3.63) is 64.2 Å². The number of likely N-dealkylation sites (tertiary alicyclic amines) is 2. The van der Waals surface area contributed by atoms with E-state index in [0.29, 0.717) is 51.0 Å². The number of pyridine rings is 1. The second kappa shape index (κ2) is 10.3. The summed E-state index contributed by atoms with van der Waals surface area (Å²) in [5, 5.41) is 3.04. The van der Waals surface area contributed by atoms with Crippen LogP contribution in [0.2, 0.25) is 0 Å². The molecule has 2 aromatic heterocycles. The lowest BCUT2D eigenvalue weighted by Crippen LogP contribution is -2.51. The number of benzene rings is 1. The number of hydrogen-bond donors (Lipinski definition) is 2. The number of carbonyl (C=O) groups excluding carboxylic acids is 2. The number of amides is 3. The van der Waals surface area contributed by atoms with Crippen LogP contribution in [0.5, 0.6) is 0 Å². The number of carbonyl (C=O) groups is 2. The van der Waals surface area contributed by atoms with Crippen LogP contribution in [0.4, 0.5) is 13.6 Å². The molecule has 9 nitrogen and oxygen atoms in total. The van der Waals surface area contributed by atoms with Gasteiger partial charge in [-0.3, -0.25) is 14.3 Å². The predicted molar refractivity (Wildman–Crippen MR) is 133 cm³/mol. The first-order chi connectivity index (χ1) is 17.8. The molecular formula is C26H30F2N6O3. The highest BCUT2D eigenvalue weighted by molar-refractivity contribution is 5.76. The van der Waals surface area contributed by atoms with E-state index in [4.69, 9.17) is 0 Å². The highest BCUT2D eigenvalue weighted by Gasteiger charge is 2.31. The normalized spacial score (nSPS) is 21.2. The summed E-state index contributed by atoms with van der Waals surface area (Å²) in [4.78, 5) is 48.2. The summed E-state index contributed by atoms with van der Waals surface area (Å²) in [6, 6.07) is 7.18. The summed E-state index contributed by atoms with van der Waals surface area (Å²) in [6.07, 6.45) is 3.92. The third-order valence-electron chi connectivity index (χ3n) is 7.55. The van der Waals surface area contributed by atoms with Crippen molar-refractivity contribution in [2.45, 2.75) is 50.6 Å². The number of hydrogen-bond acceptors (Lipinski definition) is 4. The maximum atomic E-state index is 14.5. The highest BCUT2D eigenvalue weighted by atomic mass is 19.2. The highest BCUT2D eigenvalue weighted by Crippen LogP contribution is 2.30. The minimum atomic E-state index is -0.907. The molecule has 2 saturated heterocycles. The van der Waals surface area contributed by atoms with E-state index in [1.807, 2.05) is 6.07 Å². The van der Waals surface area contributed by atoms with Crippen LogP contribution >= 0.6 is 0 Å². The molecule has 3 amide bonds. The number of H-pyrrole nitrogens is 1. The van der Waals surface area contributed by atoms with Crippen LogP contribution < -0.4 is 11.0 Å². The van der Waals surface area contributed by atoms with Crippen LogP contribution in [0.25, 0.3) is 11.2 Å². The Balaban J connectivity index is 1.22. The number of nitrogens with one attached hydrogen (secondary N) is 2. The molecule has 0 unspecified atom stereocenters. The molecule has 0 aliphatic carbocycles. The summed E-state index contributed by atoms with van der Waals surface area (Å²) in [5.41, 5.74) is 1.35. The Kier molecular flexibility index (Phi) is 6.94. The van der Waals surface area contributed by atoms with E-state index in [2.05, 4.69) is 15.3 Å². The molecule has 4 heterocycles. The Labute approximate surface area is 212 Å². The largest absolute Gasteiger partial charge is 0.340 e. The standard InChI is InChI=1S/C26H30F2N6O3/c1-16(35)33-14-17(20-4-2-5-21(27)23(20)28)7-8-18(15-33)30-25(36)32-12-9-19(10-13-32)34-22-6-3-11-29-24(22)31-26(34)37/h2-6,11,17-19H,7-10,12-15H2,1H3,(H,30,36)(H,29,31,37)/t17-,18-/m1/s1. The minimum absolute atomic E-state index is 0.0393. The van der Waals surface area contributed by atoms with Gasteiger partial charge in [0.1, 0.15) is 0 Å². The molecule has 0 bridgehead atoms. The monoisotopic (exact) mass is 512 g/mol. The lowest BCUT2D eigenvalue weighted by atomic mass is 9.93. The lowest BCUT2D eigenvalue weighted by molar-refractivity contribution is -0.129. The first kappa shape index (κ1) is 24.9. The lowest BCUT2D eigenvalue weighted by Gasteiger charge is -2.34. The van der Waals surface area contributed by atoms with Crippen molar-refractivity contribution < 1.29 is 18.4 Å². The first-order valence-electron chi connectivity index (χ1n) is 12.6. The summed E-state index contributed by atoms with van der Waals surface area (Å²) < 4.78 is 30.0. The van der Waals surface area contributed by atoms with Gasteiger partial charge in [-0.15, -0.1) is 0 Å². The molecular weight excluding hydrogens is 482 g/mol. The van der Waals surface area contributed by atoms with Crippen LogP contribution in [0.15, 0.2) is 41.3 Å². The molecule has 0 spiro atoms. The molecule has 2 fully saturated rings. The predicted octanol–water partition coefficient (Wildman–Crippen LogP) is 3.14. The van der Waals surface area contributed by atoms with Gasteiger partial charge >= 0.3 is 11.7 Å². The molecule has 2 aliphatic rings. The quantitative estimate of drug-likeness (QED) is 0.563. The fraction of sp³-hybridized carbons (Fsp3) is 0.462. The van der Waals surface area contributed by atoms with Crippen LogP contribution in [0.1, 0.15) is 50.1 Å². The number of piperidine rings is 1. The number of rotatable bonds is 3. The number of fused-ring (bicyclic) bond motifs is 1. The number of urea groups is 1. The van der Waals surface area contributed by atoms with Gasteiger partial charge in [-0.25, -0.2) is 23.4 Å². The molecule has 2 atom stereocenters. The molecule has 5 rings (SSSR count). The van der Waals surface area contributed by atoms with E-state index in [1.165, 1.54) is 13.0 Å². The summed E-state index contributed by atoms with van der Waals surface area (Å²) in [6.45, 7) is 2.98. The van der Waals surface area contributed by atoms with E-state index < -0.39 is 11.6 Å². The molecule has 3 aromatic rings. The SMILES string of the molecule is CC(=O)N1C[C@H](NC(=O)N2CCC(n3c(=O)[nH]c4ncccc43)CC2)CC[C@@H](c2cccc(F)c2F)C1. The average molecular weight is 513 g/mol. The van der Waals surface area contributed by atoms with Crippen LogP contribution in [-0.2, 0) is 4.79 Å². The molecule has 2 aliphatic heterocycles. The van der Waals surface area contributed by atoms with Crippen LogP contribution in [-0.4, -0.2) is 68.5 Å². The topological polar surface area (TPSA) is 103 Å². The Morgan fingerprint density at radius 2 is 1.81 bits per heavy atom. The summed E-state index contributed by atoms with van der Waals surface area (Å²) >= 11 is 0. The van der Waals surface area contributed by atoms with Crippen LogP contribution in [0, 0.1) is 11.6 Å². The first-order valence-corrected chi connectivity index (χ1v) is 12.6. The molecule has 0 radical (unpaired) electrons. The van der Waals surface area contributed by atoms with Gasteiger partial charge in [0.25, 0.3) is 0 Å². The van der Waals surface area contributed by atoms with Crippen molar-refractivity contribution in [3.63, 3.8) is 0 Å². The number of aromatic nitrogens is 3. The van der Waals surface area contributed by atoms with Gasteiger partial charge < -0.3 is 15.1 Å². The Bertz CT molecular complexity index is 1360. The average Bonchev–Trinajstić information content (AvgIpc) is 3.07. The van der Waals surface area contributed by atoms with E-state index >= 15 is 0 Å². The van der Waals surface area contributed by atoms with Gasteiger partial charge in [-0.05, 0) is 49.4 Å². The van der Waals surface area contributed by atoms with E-state index in [1.54, 1.807) is 32.7 Å². The summed E-state index contributed by atoms with van der Waals surface area (Å²) in [5.74, 6) is -2.33. The van der Waals surface area contributed by atoms with Gasteiger partial charge in [0.2, 0.25) is 5.91 Å². The third-order valence-corrected chi connectivity index (χ3v) is 7.55. The zero-order valence-corrected chi connectivity index (χ0v) is 20.6. The van der Waals surface area contributed by atoms with E-state index in [9.17, 15) is 23.2 Å². The Morgan fingerprint density at radius 1 is 1.03 bits per heavy atom. The molecule has 1 aromatic carbocycles. The van der Waals surface area contributed by atoms with Gasteiger partial charge in [-0.2, -0.15) is 0 Å². The second-order valence-corrected chi connectivity index (χ2v) is 9.88. The number of nitrogens with zero attached hydrogens (tertiary/aromatic N) is 4. The zero-order chi connectivity index (χ0) is 26.1. The van der Waals surface area contributed by atoms with Crippen molar-refractivity contribution >= 4 is 23.1 Å². The van der Waals surface area contributed by atoms with Crippen molar-refractivity contribution in [2.75, 3.05) is 26.2 Å². The van der Waals surface area contributed by atoms with Gasteiger partial charge in [0.15, 0.2) is 17.3 Å². The Morgan fingerprint density at radius 3 is 2.57 bits per heavy atom. The third kappa shape index (κ3) is 5.07. The minimum Gasteiger partial charge on any atom is -0.340 e. The molecule has 37 heavy (non-hydrogen) atoms. The van der Waals surface area contributed by atoms with Crippen molar-refractivity contribution in [1.29, 1.82) is 0 Å². The maximum absolute atomic E-state index is 14.5. The molecule has 2 N–H and O–H groups in total. The van der Waals surface area contributed by atoms with Crippen molar-refractivity contribution in [3.8, 4) is 0 Å². The smallest absolute Gasteiger partial charge is 0.327 e. The molecule has 196 valence electrons. The molecule has 0 saturated carbocycles. The van der Waals surface area contributed by atoms with Crippen LogP contribution in [0.3, 0.4) is 0 Å². The van der Waals surface area contributed by atoms with Gasteiger partial charge in [-0.1, -0.05) is 12.1 Å². The fourth-order valence-corrected chi connectivity index (χ4v) is 5.57. The summed E-state index contributed by atoms with van der Waals surface area (Å²) in [7, 11) is 0. The maximum Gasteiger partial charge on any atom is 0.327 e. The van der Waals surface area contributed by atoms with Gasteiger partial charge in [0.05, 0.1) is 5.52 Å².